The highest BCUT2D eigenvalue weighted by Crippen LogP contribution is 2.25. The third-order valence-corrected chi connectivity index (χ3v) is 4.61. The van der Waals surface area contributed by atoms with Gasteiger partial charge in [0.25, 0.3) is 5.91 Å². The summed E-state index contributed by atoms with van der Waals surface area (Å²) in [7, 11) is 0. The monoisotopic (exact) mass is 390 g/mol. The fourth-order valence-electron chi connectivity index (χ4n) is 2.77. The maximum Gasteiger partial charge on any atom is 0.261 e. The Morgan fingerprint density at radius 3 is 2.46 bits per heavy atom. The highest BCUT2D eigenvalue weighted by atomic mass is 35.5. The summed E-state index contributed by atoms with van der Waals surface area (Å²) in [4.78, 5) is 12.4. The Kier molecular flexibility index (Phi) is 6.25. The van der Waals surface area contributed by atoms with Gasteiger partial charge in [-0.1, -0.05) is 60.1 Å². The zero-order valence-electron chi connectivity index (χ0n) is 15.4. The van der Waals surface area contributed by atoms with Crippen LogP contribution >= 0.6 is 11.6 Å². The van der Waals surface area contributed by atoms with Crippen LogP contribution in [-0.4, -0.2) is 22.2 Å². The number of halogens is 1. The quantitative estimate of drug-likeness (QED) is 0.508. The van der Waals surface area contributed by atoms with Gasteiger partial charge in [-0.15, -0.1) is 0 Å². The fourth-order valence-corrected chi connectivity index (χ4v) is 3.10. The summed E-state index contributed by atoms with van der Waals surface area (Å²) in [5.74, 6) is -0.429. The van der Waals surface area contributed by atoms with Gasteiger partial charge in [0.1, 0.15) is 16.8 Å². The lowest BCUT2D eigenvalue weighted by atomic mass is 10.1. The molecule has 5 nitrogen and oxygen atoms in total. The Balaban J connectivity index is 1.76. The van der Waals surface area contributed by atoms with Crippen molar-refractivity contribution in [3.8, 4) is 11.8 Å². The maximum absolute atomic E-state index is 12.4. The van der Waals surface area contributed by atoms with E-state index < -0.39 is 5.91 Å². The second kappa shape index (κ2) is 9.03. The molecule has 0 radical (unpaired) electrons. The molecular weight excluding hydrogens is 372 g/mol. The highest BCUT2D eigenvalue weighted by molar-refractivity contribution is 6.31. The summed E-state index contributed by atoms with van der Waals surface area (Å²) < 4.78 is 1.59. The first kappa shape index (κ1) is 19.4. The molecular formula is C22H19ClN4O. The molecule has 0 aliphatic heterocycles. The minimum Gasteiger partial charge on any atom is -0.351 e. The van der Waals surface area contributed by atoms with Gasteiger partial charge in [-0.05, 0) is 37.1 Å². The summed E-state index contributed by atoms with van der Waals surface area (Å²) in [5.41, 5.74) is 3.11. The number of rotatable bonds is 6. The van der Waals surface area contributed by atoms with Gasteiger partial charge in [0, 0.05) is 12.1 Å². The molecule has 0 saturated carbocycles. The lowest BCUT2D eigenvalue weighted by Gasteiger charge is -2.05. The average Bonchev–Trinajstić information content (AvgIpc) is 3.01. The van der Waals surface area contributed by atoms with Crippen LogP contribution in [0, 0.1) is 18.3 Å². The van der Waals surface area contributed by atoms with Crippen molar-refractivity contribution in [3.63, 3.8) is 0 Å². The van der Waals surface area contributed by atoms with Crippen LogP contribution in [0.4, 0.5) is 0 Å². The number of hydrogen-bond donors (Lipinski definition) is 1. The second-order valence-electron chi connectivity index (χ2n) is 6.20. The summed E-state index contributed by atoms with van der Waals surface area (Å²) in [6, 6.07) is 21.2. The van der Waals surface area contributed by atoms with Gasteiger partial charge < -0.3 is 5.32 Å². The largest absolute Gasteiger partial charge is 0.351 e. The number of nitrogens with zero attached hydrogens (tertiary/aromatic N) is 3. The van der Waals surface area contributed by atoms with Crippen molar-refractivity contribution in [1.29, 1.82) is 5.26 Å². The van der Waals surface area contributed by atoms with Crippen molar-refractivity contribution in [2.45, 2.75) is 13.3 Å². The van der Waals surface area contributed by atoms with Crippen molar-refractivity contribution in [2.24, 2.45) is 0 Å². The van der Waals surface area contributed by atoms with E-state index in [1.54, 1.807) is 11.6 Å². The predicted molar refractivity (Wildman–Crippen MR) is 110 cm³/mol. The summed E-state index contributed by atoms with van der Waals surface area (Å²) >= 11 is 6.47. The lowest BCUT2D eigenvalue weighted by molar-refractivity contribution is -0.117. The van der Waals surface area contributed by atoms with Crippen LogP contribution in [-0.2, 0) is 11.2 Å². The number of carbonyl (C=O) groups excluding carboxylic acids is 1. The molecule has 0 saturated heterocycles. The van der Waals surface area contributed by atoms with Crippen molar-refractivity contribution in [1.82, 2.24) is 15.1 Å². The molecule has 0 atom stereocenters. The summed E-state index contributed by atoms with van der Waals surface area (Å²) in [6.07, 6.45) is 2.18. The number of benzene rings is 2. The van der Waals surface area contributed by atoms with E-state index in [-0.39, 0.29) is 5.57 Å². The van der Waals surface area contributed by atoms with Crippen LogP contribution in [0.2, 0.25) is 5.15 Å². The number of aryl methyl sites for hydroxylation is 1. The molecule has 0 aliphatic rings. The molecule has 1 N–H and O–H groups in total. The molecule has 140 valence electrons. The normalized spacial score (nSPS) is 11.1. The molecule has 0 unspecified atom stereocenters. The first-order valence-electron chi connectivity index (χ1n) is 8.84. The molecule has 3 rings (SSSR count). The molecule has 0 fully saturated rings. The first-order chi connectivity index (χ1) is 13.6. The van der Waals surface area contributed by atoms with E-state index in [9.17, 15) is 10.1 Å². The second-order valence-corrected chi connectivity index (χ2v) is 6.56. The number of nitriles is 1. The van der Waals surface area contributed by atoms with Crippen LogP contribution < -0.4 is 5.32 Å². The minimum atomic E-state index is -0.429. The zero-order valence-corrected chi connectivity index (χ0v) is 16.1. The van der Waals surface area contributed by atoms with Gasteiger partial charge in [-0.25, -0.2) is 4.68 Å². The Labute approximate surface area is 168 Å². The van der Waals surface area contributed by atoms with E-state index in [2.05, 4.69) is 10.4 Å². The highest BCUT2D eigenvalue weighted by Gasteiger charge is 2.16. The Bertz CT molecular complexity index is 1030. The number of nitrogens with one attached hydrogen (secondary N) is 1. The summed E-state index contributed by atoms with van der Waals surface area (Å²) in [6.45, 7) is 2.23. The van der Waals surface area contributed by atoms with Crippen LogP contribution in [0.15, 0.2) is 66.2 Å². The maximum atomic E-state index is 12.4. The Morgan fingerprint density at radius 1 is 1.18 bits per heavy atom. The van der Waals surface area contributed by atoms with E-state index >= 15 is 0 Å². The lowest BCUT2D eigenvalue weighted by Crippen LogP contribution is -2.26. The van der Waals surface area contributed by atoms with Crippen molar-refractivity contribution < 1.29 is 4.79 Å². The van der Waals surface area contributed by atoms with Crippen molar-refractivity contribution >= 4 is 23.6 Å². The van der Waals surface area contributed by atoms with Gasteiger partial charge in [0.2, 0.25) is 0 Å². The number of carbonyl (C=O) groups is 1. The molecule has 1 heterocycles. The molecule has 3 aromatic rings. The van der Waals surface area contributed by atoms with Crippen LogP contribution in [0.25, 0.3) is 11.8 Å². The minimum absolute atomic E-state index is 0.00864. The third kappa shape index (κ3) is 4.48. The van der Waals surface area contributed by atoms with Crippen LogP contribution in [0.5, 0.6) is 0 Å². The SMILES string of the molecule is Cc1nn(-c2ccccc2)c(Cl)c1/C=C(\C#N)C(=O)NCCc1ccccc1. The molecule has 1 amide bonds. The topological polar surface area (TPSA) is 70.7 Å². The Hall–Kier alpha value is -3.36. The number of para-hydroxylation sites is 1. The Morgan fingerprint density at radius 2 is 1.82 bits per heavy atom. The van der Waals surface area contributed by atoms with Gasteiger partial charge in [-0.3, -0.25) is 4.79 Å². The first-order valence-corrected chi connectivity index (χ1v) is 9.22. The number of amides is 1. The molecule has 2 aromatic carbocycles. The van der Waals surface area contributed by atoms with Gasteiger partial charge in [0.15, 0.2) is 0 Å². The average molecular weight is 391 g/mol. The standard InChI is InChI=1S/C22H19ClN4O/c1-16-20(21(23)27(26-16)19-10-6-3-7-11-19)14-18(15-24)22(28)25-13-12-17-8-4-2-5-9-17/h2-11,14H,12-13H2,1H3,(H,25,28)/b18-14+. The fraction of sp³-hybridized carbons (Fsp3) is 0.136. The number of aromatic nitrogens is 2. The van der Waals surface area contributed by atoms with Crippen molar-refractivity contribution in [3.05, 3.63) is 88.2 Å². The van der Waals surface area contributed by atoms with E-state index in [1.807, 2.05) is 66.7 Å². The van der Waals surface area contributed by atoms with E-state index in [0.29, 0.717) is 29.4 Å². The molecule has 28 heavy (non-hydrogen) atoms. The third-order valence-electron chi connectivity index (χ3n) is 4.24. The van der Waals surface area contributed by atoms with E-state index in [4.69, 9.17) is 11.6 Å². The molecule has 0 aliphatic carbocycles. The van der Waals surface area contributed by atoms with Crippen molar-refractivity contribution in [2.75, 3.05) is 6.54 Å². The molecule has 0 bridgehead atoms. The van der Waals surface area contributed by atoms with Gasteiger partial charge in [0.05, 0.1) is 11.4 Å². The zero-order chi connectivity index (χ0) is 19.9. The smallest absolute Gasteiger partial charge is 0.261 e. The van der Waals surface area contributed by atoms with Gasteiger partial charge >= 0.3 is 0 Å². The van der Waals surface area contributed by atoms with E-state index in [1.165, 1.54) is 6.08 Å². The molecule has 0 spiro atoms. The van der Waals surface area contributed by atoms with Gasteiger partial charge in [-0.2, -0.15) is 10.4 Å². The molecule has 1 aromatic heterocycles. The summed E-state index contributed by atoms with van der Waals surface area (Å²) in [5, 5.41) is 17.0. The van der Waals surface area contributed by atoms with Crippen LogP contribution in [0.3, 0.4) is 0 Å². The number of hydrogen-bond acceptors (Lipinski definition) is 3. The van der Waals surface area contributed by atoms with E-state index in [0.717, 1.165) is 11.3 Å². The predicted octanol–water partition coefficient (Wildman–Crippen LogP) is 4.10. The van der Waals surface area contributed by atoms with Crippen LogP contribution in [0.1, 0.15) is 16.8 Å². The molecule has 6 heteroatoms.